The summed E-state index contributed by atoms with van der Waals surface area (Å²) in [6, 6.07) is 7.90. The molecule has 2 aromatic carbocycles. The van der Waals surface area contributed by atoms with E-state index >= 15 is 0 Å². The summed E-state index contributed by atoms with van der Waals surface area (Å²) in [6.45, 7) is 0. The Bertz CT molecular complexity index is 948. The zero-order chi connectivity index (χ0) is 17.4. The molecule has 0 unspecified atom stereocenters. The molecule has 2 rings (SSSR count). The van der Waals surface area contributed by atoms with Gasteiger partial charge in [-0.1, -0.05) is 18.2 Å². The van der Waals surface area contributed by atoms with Crippen LogP contribution in [0.5, 0.6) is 0 Å². The van der Waals surface area contributed by atoms with E-state index in [1.165, 1.54) is 12.1 Å². The van der Waals surface area contributed by atoms with Crippen molar-refractivity contribution in [3.8, 4) is 11.1 Å². The van der Waals surface area contributed by atoms with Crippen LogP contribution < -0.4 is 5.14 Å². The van der Waals surface area contributed by atoms with Crippen molar-refractivity contribution in [2.75, 3.05) is 0 Å². The van der Waals surface area contributed by atoms with Crippen LogP contribution in [-0.2, 0) is 20.1 Å². The van der Waals surface area contributed by atoms with Gasteiger partial charge in [0.05, 0.1) is 15.4 Å². The lowest BCUT2D eigenvalue weighted by Gasteiger charge is -2.12. The van der Waals surface area contributed by atoms with E-state index in [-0.39, 0.29) is 5.56 Å². The van der Waals surface area contributed by atoms with Gasteiger partial charge in [-0.3, -0.25) is 14.7 Å². The maximum atomic E-state index is 11.7. The van der Waals surface area contributed by atoms with Gasteiger partial charge in [0.25, 0.3) is 15.8 Å². The molecule has 0 spiro atoms. The fraction of sp³-hybridized carbons (Fsp3) is 0. The monoisotopic (exact) mass is 358 g/mol. The zero-order valence-corrected chi connectivity index (χ0v) is 12.9. The summed E-state index contributed by atoms with van der Waals surface area (Å²) in [7, 11) is -9.25. The van der Waals surface area contributed by atoms with Gasteiger partial charge in [0, 0.05) is 11.6 Å². The molecule has 0 heterocycles. The number of hydrogen-bond donors (Lipinski definition) is 2. The minimum atomic E-state index is -4.85. The Morgan fingerprint density at radius 2 is 1.52 bits per heavy atom. The van der Waals surface area contributed by atoms with Crippen molar-refractivity contribution in [1.82, 2.24) is 0 Å². The summed E-state index contributed by atoms with van der Waals surface area (Å²) in [5, 5.41) is 16.2. The Balaban J connectivity index is 3.05. The third-order valence-corrected chi connectivity index (χ3v) is 4.79. The Kier molecular flexibility index (Phi) is 4.22. The average molecular weight is 358 g/mol. The number of nitro benzene ring substituents is 1. The molecule has 0 bridgehead atoms. The van der Waals surface area contributed by atoms with Crippen LogP contribution in [0.1, 0.15) is 0 Å². The lowest BCUT2D eigenvalue weighted by molar-refractivity contribution is -0.384. The Labute approximate surface area is 131 Å². The van der Waals surface area contributed by atoms with Gasteiger partial charge < -0.3 is 0 Å². The first-order chi connectivity index (χ1) is 10.5. The highest BCUT2D eigenvalue weighted by Crippen LogP contribution is 2.38. The van der Waals surface area contributed by atoms with E-state index in [4.69, 9.17) is 5.14 Å². The van der Waals surface area contributed by atoms with Crippen molar-refractivity contribution >= 4 is 25.8 Å². The van der Waals surface area contributed by atoms with E-state index in [2.05, 4.69) is 0 Å². The number of benzene rings is 2. The molecular formula is C12H10N2O7S2. The van der Waals surface area contributed by atoms with Crippen molar-refractivity contribution in [1.29, 1.82) is 0 Å². The highest BCUT2D eigenvalue weighted by molar-refractivity contribution is 7.89. The van der Waals surface area contributed by atoms with Gasteiger partial charge in [-0.05, 0) is 18.2 Å². The van der Waals surface area contributed by atoms with Crippen molar-refractivity contribution in [3.63, 3.8) is 0 Å². The number of nitro groups is 1. The number of hydrogen-bond acceptors (Lipinski definition) is 6. The predicted molar refractivity (Wildman–Crippen MR) is 79.7 cm³/mol. The van der Waals surface area contributed by atoms with Crippen molar-refractivity contribution in [2.45, 2.75) is 9.79 Å². The summed E-state index contributed by atoms with van der Waals surface area (Å²) >= 11 is 0. The second-order valence-corrected chi connectivity index (χ2v) is 7.34. The Hall–Kier alpha value is -2.34. The highest BCUT2D eigenvalue weighted by Gasteiger charge is 2.28. The average Bonchev–Trinajstić information content (AvgIpc) is 2.44. The number of nitrogens with zero attached hydrogens (tertiary/aromatic N) is 1. The third kappa shape index (κ3) is 3.37. The molecule has 0 radical (unpaired) electrons. The van der Waals surface area contributed by atoms with Crippen LogP contribution in [0.2, 0.25) is 0 Å². The van der Waals surface area contributed by atoms with Gasteiger partial charge in [-0.2, -0.15) is 8.42 Å². The van der Waals surface area contributed by atoms with Crippen molar-refractivity contribution in [2.24, 2.45) is 5.14 Å². The second-order valence-electron chi connectivity index (χ2n) is 4.42. The zero-order valence-electron chi connectivity index (χ0n) is 11.3. The van der Waals surface area contributed by atoms with Gasteiger partial charge in [0.1, 0.15) is 4.90 Å². The molecule has 0 aliphatic heterocycles. The lowest BCUT2D eigenvalue weighted by Crippen LogP contribution is -2.15. The molecule has 0 saturated heterocycles. The molecule has 0 aromatic heterocycles. The van der Waals surface area contributed by atoms with Crippen LogP contribution >= 0.6 is 0 Å². The first-order valence-corrected chi connectivity index (χ1v) is 8.89. The van der Waals surface area contributed by atoms with Crippen LogP contribution in [0.4, 0.5) is 5.69 Å². The summed E-state index contributed by atoms with van der Waals surface area (Å²) < 4.78 is 55.8. The van der Waals surface area contributed by atoms with Gasteiger partial charge >= 0.3 is 0 Å². The first-order valence-electron chi connectivity index (χ1n) is 5.90. The number of para-hydroxylation sites is 1. The largest absolute Gasteiger partial charge is 0.295 e. The van der Waals surface area contributed by atoms with E-state index < -0.39 is 46.1 Å². The molecule has 23 heavy (non-hydrogen) atoms. The summed E-state index contributed by atoms with van der Waals surface area (Å²) in [6.07, 6.45) is 0. The van der Waals surface area contributed by atoms with Gasteiger partial charge in [-0.25, -0.2) is 13.6 Å². The van der Waals surface area contributed by atoms with E-state index in [9.17, 15) is 31.5 Å². The van der Waals surface area contributed by atoms with E-state index in [1.54, 1.807) is 0 Å². The Morgan fingerprint density at radius 1 is 0.957 bits per heavy atom. The number of rotatable bonds is 4. The summed E-state index contributed by atoms with van der Waals surface area (Å²) in [5.41, 5.74) is -1.38. The number of primary sulfonamides is 1. The minimum Gasteiger partial charge on any atom is -0.282 e. The first kappa shape index (κ1) is 17.0. The molecule has 0 aliphatic rings. The molecule has 0 fully saturated rings. The number of sulfonamides is 1. The standard InChI is InChI=1S/C12H10N2O7S2/c13-22(17,18)10-6-3-7-11(23(19,20)21)12(10)8-4-1-2-5-9(8)14(15)16/h1-7H,(H2,13,17,18)(H,19,20,21). The topological polar surface area (TPSA) is 158 Å². The molecule has 9 nitrogen and oxygen atoms in total. The van der Waals surface area contributed by atoms with Crippen molar-refractivity contribution < 1.29 is 26.3 Å². The molecule has 0 atom stereocenters. The summed E-state index contributed by atoms with van der Waals surface area (Å²) in [4.78, 5) is 8.88. The molecule has 3 N–H and O–H groups in total. The van der Waals surface area contributed by atoms with Crippen LogP contribution in [0.15, 0.2) is 52.3 Å². The van der Waals surface area contributed by atoms with E-state index in [1.807, 2.05) is 0 Å². The fourth-order valence-corrected chi connectivity index (χ4v) is 3.64. The van der Waals surface area contributed by atoms with Crippen LogP contribution in [0, 0.1) is 10.1 Å². The second kappa shape index (κ2) is 5.70. The Morgan fingerprint density at radius 3 is 2.04 bits per heavy atom. The number of nitrogens with two attached hydrogens (primary N) is 1. The third-order valence-electron chi connectivity index (χ3n) is 2.94. The predicted octanol–water partition coefficient (Wildman–Crippen LogP) is 1.16. The molecule has 11 heteroatoms. The normalized spacial score (nSPS) is 12.1. The molecule has 0 aliphatic carbocycles. The smallest absolute Gasteiger partial charge is 0.282 e. The maximum absolute atomic E-state index is 11.7. The maximum Gasteiger partial charge on any atom is 0.295 e. The van der Waals surface area contributed by atoms with Crippen molar-refractivity contribution in [3.05, 3.63) is 52.6 Å². The van der Waals surface area contributed by atoms with E-state index in [0.29, 0.717) is 0 Å². The molecule has 2 aromatic rings. The SMILES string of the molecule is NS(=O)(=O)c1cccc(S(=O)(=O)O)c1-c1ccccc1[N+](=O)[O-]. The molecular weight excluding hydrogens is 348 g/mol. The molecule has 122 valence electrons. The quantitative estimate of drug-likeness (QED) is 0.471. The van der Waals surface area contributed by atoms with Gasteiger partial charge in [0.15, 0.2) is 0 Å². The van der Waals surface area contributed by atoms with Gasteiger partial charge in [0.2, 0.25) is 10.0 Å². The summed E-state index contributed by atoms with van der Waals surface area (Å²) in [5.74, 6) is 0. The van der Waals surface area contributed by atoms with Crippen LogP contribution in [0.3, 0.4) is 0 Å². The lowest BCUT2D eigenvalue weighted by atomic mass is 10.0. The minimum absolute atomic E-state index is 0.297. The van der Waals surface area contributed by atoms with Crippen LogP contribution in [0.25, 0.3) is 11.1 Å². The van der Waals surface area contributed by atoms with Crippen LogP contribution in [-0.4, -0.2) is 26.3 Å². The molecule has 0 saturated carbocycles. The highest BCUT2D eigenvalue weighted by atomic mass is 32.2. The fourth-order valence-electron chi connectivity index (χ4n) is 2.07. The van der Waals surface area contributed by atoms with E-state index in [0.717, 1.165) is 30.3 Å². The van der Waals surface area contributed by atoms with Gasteiger partial charge in [-0.15, -0.1) is 0 Å². The molecule has 0 amide bonds.